The number of likely N-dealkylation sites (N-methyl/N-ethyl adjacent to an activating group) is 1. The molecule has 0 spiro atoms. The van der Waals surface area contributed by atoms with E-state index in [2.05, 4.69) is 0 Å². The number of rotatable bonds is 5. The average Bonchev–Trinajstić information content (AvgIpc) is 3.04. The minimum Gasteiger partial charge on any atom is -0.507 e. The Labute approximate surface area is 138 Å². The van der Waals surface area contributed by atoms with Crippen LogP contribution in [0.2, 0.25) is 0 Å². The molecule has 1 N–H and O–H groups in total. The molecule has 1 heterocycles. The summed E-state index contributed by atoms with van der Waals surface area (Å²) in [6.07, 6.45) is 7.29. The van der Waals surface area contributed by atoms with Crippen LogP contribution < -0.4 is 4.74 Å². The van der Waals surface area contributed by atoms with Crippen LogP contribution in [0.3, 0.4) is 0 Å². The summed E-state index contributed by atoms with van der Waals surface area (Å²) in [6.45, 7) is 4.13. The molecule has 3 rings (SSSR count). The summed E-state index contributed by atoms with van der Waals surface area (Å²) in [7, 11) is 1.88. The number of carbonyl (C=O) groups is 1. The maximum atomic E-state index is 12.2. The van der Waals surface area contributed by atoms with Crippen molar-refractivity contribution in [2.45, 2.75) is 57.9 Å². The highest BCUT2D eigenvalue weighted by Crippen LogP contribution is 2.42. The lowest BCUT2D eigenvalue weighted by molar-refractivity contribution is -0.114. The van der Waals surface area contributed by atoms with E-state index in [4.69, 9.17) is 4.74 Å². The molecule has 2 fully saturated rings. The summed E-state index contributed by atoms with van der Waals surface area (Å²) in [6, 6.07) is 3.67. The van der Waals surface area contributed by atoms with Crippen molar-refractivity contribution in [2.75, 3.05) is 13.7 Å². The minimum atomic E-state index is -0.429. The second-order valence-electron chi connectivity index (χ2n) is 7.30. The molecule has 4 heteroatoms. The molecule has 23 heavy (non-hydrogen) atoms. The quantitative estimate of drug-likeness (QED) is 0.845. The molecule has 1 amide bonds. The van der Waals surface area contributed by atoms with Gasteiger partial charge in [0.2, 0.25) is 0 Å². The third-order valence-electron chi connectivity index (χ3n) is 5.59. The Hall–Kier alpha value is -1.71. The number of hydrogen-bond acceptors (Lipinski definition) is 3. The second kappa shape index (κ2) is 6.06. The van der Waals surface area contributed by atoms with E-state index in [-0.39, 0.29) is 5.91 Å². The minimum absolute atomic E-state index is 0.204. The monoisotopic (exact) mass is 317 g/mol. The van der Waals surface area contributed by atoms with E-state index in [0.29, 0.717) is 18.3 Å². The van der Waals surface area contributed by atoms with Gasteiger partial charge in [0.05, 0.1) is 0 Å². The number of aromatic hydroxyl groups is 1. The van der Waals surface area contributed by atoms with Crippen LogP contribution in [-0.2, 0) is 4.79 Å². The van der Waals surface area contributed by atoms with E-state index in [1.807, 2.05) is 37.9 Å². The van der Waals surface area contributed by atoms with E-state index in [1.165, 1.54) is 32.1 Å². The summed E-state index contributed by atoms with van der Waals surface area (Å²) in [5.74, 6) is 1.89. The molecule has 0 bridgehead atoms. The maximum absolute atomic E-state index is 12.2. The maximum Gasteiger partial charge on any atom is 0.252 e. The fourth-order valence-electron chi connectivity index (χ4n) is 3.93. The Bertz CT molecular complexity index is 584. The van der Waals surface area contributed by atoms with Crippen molar-refractivity contribution in [3.05, 3.63) is 23.3 Å². The van der Waals surface area contributed by atoms with Crippen molar-refractivity contribution >= 4 is 5.91 Å². The number of ether oxygens (including phenoxy) is 1. The van der Waals surface area contributed by atoms with Gasteiger partial charge in [-0.15, -0.1) is 0 Å². The smallest absolute Gasteiger partial charge is 0.252 e. The summed E-state index contributed by atoms with van der Waals surface area (Å²) < 4.78 is 5.96. The molecule has 1 aliphatic heterocycles. The Morgan fingerprint density at radius 3 is 2.30 bits per heavy atom. The number of benzene rings is 1. The van der Waals surface area contributed by atoms with E-state index in [0.717, 1.165) is 23.3 Å². The van der Waals surface area contributed by atoms with Crippen LogP contribution >= 0.6 is 0 Å². The number of nitrogens with zero attached hydrogens (tertiary/aromatic N) is 1. The Kier molecular flexibility index (Phi) is 4.26. The zero-order chi connectivity index (χ0) is 16.6. The molecule has 0 radical (unpaired) electrons. The van der Waals surface area contributed by atoms with Gasteiger partial charge in [-0.05, 0) is 49.4 Å². The van der Waals surface area contributed by atoms with Crippen LogP contribution in [-0.4, -0.2) is 35.1 Å². The third kappa shape index (κ3) is 3.04. The molecule has 1 saturated carbocycles. The molecule has 2 aliphatic rings. The van der Waals surface area contributed by atoms with E-state index >= 15 is 0 Å². The van der Waals surface area contributed by atoms with Gasteiger partial charge in [-0.1, -0.05) is 32.1 Å². The van der Waals surface area contributed by atoms with Gasteiger partial charge in [0, 0.05) is 7.05 Å². The average molecular weight is 317 g/mol. The summed E-state index contributed by atoms with van der Waals surface area (Å²) in [4.78, 5) is 14.1. The molecule has 4 nitrogen and oxygen atoms in total. The molecule has 0 aromatic heterocycles. The topological polar surface area (TPSA) is 49.5 Å². The lowest BCUT2D eigenvalue weighted by Gasteiger charge is -2.25. The largest absolute Gasteiger partial charge is 0.507 e. The number of aryl methyl sites for hydroxylation is 2. The van der Waals surface area contributed by atoms with Crippen LogP contribution in [0.25, 0.3) is 0 Å². The lowest BCUT2D eigenvalue weighted by atomic mass is 9.82. The van der Waals surface area contributed by atoms with Crippen LogP contribution in [0.5, 0.6) is 11.5 Å². The van der Waals surface area contributed by atoms with E-state index in [1.54, 1.807) is 0 Å². The summed E-state index contributed by atoms with van der Waals surface area (Å²) in [5.41, 5.74) is 1.18. The van der Waals surface area contributed by atoms with Gasteiger partial charge in [-0.3, -0.25) is 4.79 Å². The molecule has 1 unspecified atom stereocenters. The number of hydrogen-bond donors (Lipinski definition) is 1. The highest BCUT2D eigenvalue weighted by atomic mass is 16.5. The first-order chi connectivity index (χ1) is 10.9. The highest BCUT2D eigenvalue weighted by molar-refractivity contribution is 6.02. The van der Waals surface area contributed by atoms with Gasteiger partial charge in [-0.2, -0.15) is 0 Å². The Morgan fingerprint density at radius 1 is 1.22 bits per heavy atom. The number of amides is 1. The van der Waals surface area contributed by atoms with Crippen LogP contribution in [0.1, 0.15) is 49.7 Å². The molecular weight excluding hydrogens is 290 g/mol. The molecule has 1 aromatic carbocycles. The first-order valence-corrected chi connectivity index (χ1v) is 8.65. The fraction of sp³-hybridized carbons (Fsp3) is 0.632. The Morgan fingerprint density at radius 2 is 1.78 bits per heavy atom. The van der Waals surface area contributed by atoms with Crippen molar-refractivity contribution in [3.63, 3.8) is 0 Å². The lowest BCUT2D eigenvalue weighted by Crippen LogP contribution is -2.30. The van der Waals surface area contributed by atoms with Gasteiger partial charge >= 0.3 is 0 Å². The SMILES string of the molecule is Cc1cc(OCC2(CC3CCCCC3)C(=O)N2C)cc(C)c1O. The number of phenolic OH excluding ortho intramolecular Hbond substituents is 1. The highest BCUT2D eigenvalue weighted by Gasteiger charge is 2.61. The van der Waals surface area contributed by atoms with Gasteiger partial charge in [0.25, 0.3) is 5.91 Å². The van der Waals surface area contributed by atoms with Crippen molar-refractivity contribution in [2.24, 2.45) is 5.92 Å². The van der Waals surface area contributed by atoms with Crippen LogP contribution in [0.15, 0.2) is 12.1 Å². The van der Waals surface area contributed by atoms with Crippen LogP contribution in [0.4, 0.5) is 0 Å². The zero-order valence-corrected chi connectivity index (χ0v) is 14.4. The van der Waals surface area contributed by atoms with Crippen molar-refractivity contribution in [3.8, 4) is 11.5 Å². The molecule has 1 atom stereocenters. The van der Waals surface area contributed by atoms with Gasteiger partial charge < -0.3 is 14.7 Å². The normalized spacial score (nSPS) is 24.8. The van der Waals surface area contributed by atoms with E-state index in [9.17, 15) is 9.90 Å². The second-order valence-corrected chi connectivity index (χ2v) is 7.30. The molecular formula is C19H27NO3. The van der Waals surface area contributed by atoms with Gasteiger partial charge in [0.1, 0.15) is 18.1 Å². The fourth-order valence-corrected chi connectivity index (χ4v) is 3.93. The first kappa shape index (κ1) is 16.2. The Balaban J connectivity index is 1.67. The third-order valence-corrected chi connectivity index (χ3v) is 5.59. The van der Waals surface area contributed by atoms with Crippen molar-refractivity contribution < 1.29 is 14.6 Å². The zero-order valence-electron chi connectivity index (χ0n) is 14.4. The molecule has 1 aliphatic carbocycles. The van der Waals surface area contributed by atoms with Crippen molar-refractivity contribution in [1.29, 1.82) is 0 Å². The van der Waals surface area contributed by atoms with Crippen molar-refractivity contribution in [1.82, 2.24) is 4.90 Å². The van der Waals surface area contributed by atoms with Gasteiger partial charge in [0.15, 0.2) is 5.54 Å². The molecule has 126 valence electrons. The summed E-state index contributed by atoms with van der Waals surface area (Å²) >= 11 is 0. The predicted octanol–water partition coefficient (Wildman–Crippen LogP) is 3.57. The number of phenols is 1. The predicted molar refractivity (Wildman–Crippen MR) is 89.8 cm³/mol. The van der Waals surface area contributed by atoms with Gasteiger partial charge in [-0.25, -0.2) is 0 Å². The molecule has 1 aromatic rings. The van der Waals surface area contributed by atoms with Crippen LogP contribution in [0, 0.1) is 19.8 Å². The van der Waals surface area contributed by atoms with E-state index < -0.39 is 5.54 Å². The standard InChI is InChI=1S/C19H27NO3/c1-13-9-16(10-14(2)17(13)21)23-12-19(18(22)20(19)3)11-15-7-5-4-6-8-15/h9-10,15,21H,4-8,11-12H2,1-3H3. The summed E-state index contributed by atoms with van der Waals surface area (Å²) in [5, 5.41) is 9.85. The molecule has 1 saturated heterocycles. The first-order valence-electron chi connectivity index (χ1n) is 8.65. The number of carbonyl (C=O) groups excluding carboxylic acids is 1.